The number of carboxylic acids is 1. The molecule has 0 atom stereocenters. The van der Waals surface area contributed by atoms with Crippen LogP contribution in [-0.2, 0) is 0 Å². The number of nitrogens with zero attached hydrogens (tertiary/aromatic N) is 1. The fraction of sp³-hybridized carbons (Fsp3) is 0.357. The van der Waals surface area contributed by atoms with Crippen molar-refractivity contribution in [3.8, 4) is 12.3 Å². The highest BCUT2D eigenvalue weighted by atomic mass is 16.4. The smallest absolute Gasteiger partial charge is 0.337 e. The van der Waals surface area contributed by atoms with E-state index in [1.807, 2.05) is 30.9 Å². The normalized spacial score (nSPS) is 9.71. The average molecular weight is 231 g/mol. The lowest BCUT2D eigenvalue weighted by atomic mass is 10.1. The van der Waals surface area contributed by atoms with Crippen molar-refractivity contribution in [3.63, 3.8) is 0 Å². The number of hydrogen-bond donors (Lipinski definition) is 1. The molecule has 0 aliphatic rings. The third kappa shape index (κ3) is 3.25. The molecule has 90 valence electrons. The number of aryl methyl sites for hydroxylation is 1. The van der Waals surface area contributed by atoms with Crippen LogP contribution >= 0.6 is 0 Å². The molecule has 0 saturated heterocycles. The van der Waals surface area contributed by atoms with E-state index in [0.717, 1.165) is 18.5 Å². The molecular weight excluding hydrogens is 214 g/mol. The molecule has 0 radical (unpaired) electrons. The van der Waals surface area contributed by atoms with E-state index in [-0.39, 0.29) is 0 Å². The first-order chi connectivity index (χ1) is 8.10. The maximum atomic E-state index is 11.2. The first-order valence-electron chi connectivity index (χ1n) is 5.62. The van der Waals surface area contributed by atoms with Gasteiger partial charge >= 0.3 is 5.97 Å². The fourth-order valence-corrected chi connectivity index (χ4v) is 1.76. The van der Waals surface area contributed by atoms with E-state index in [4.69, 9.17) is 6.42 Å². The molecule has 0 unspecified atom stereocenters. The highest BCUT2D eigenvalue weighted by Crippen LogP contribution is 2.22. The van der Waals surface area contributed by atoms with E-state index in [1.165, 1.54) is 0 Å². The molecule has 0 bridgehead atoms. The van der Waals surface area contributed by atoms with Gasteiger partial charge in [-0.3, -0.25) is 0 Å². The van der Waals surface area contributed by atoms with Crippen molar-refractivity contribution < 1.29 is 9.90 Å². The lowest BCUT2D eigenvalue weighted by molar-refractivity contribution is 0.0697. The molecule has 1 aromatic rings. The van der Waals surface area contributed by atoms with E-state index >= 15 is 0 Å². The Morgan fingerprint density at radius 1 is 1.53 bits per heavy atom. The molecule has 0 aliphatic carbocycles. The Balaban J connectivity index is 3.18. The first kappa shape index (κ1) is 13.1. The van der Waals surface area contributed by atoms with E-state index in [2.05, 4.69) is 5.92 Å². The van der Waals surface area contributed by atoms with Gasteiger partial charge < -0.3 is 10.0 Å². The van der Waals surface area contributed by atoms with Gasteiger partial charge in [0.1, 0.15) is 0 Å². The van der Waals surface area contributed by atoms with Crippen LogP contribution in [-0.4, -0.2) is 24.2 Å². The molecule has 3 heteroatoms. The summed E-state index contributed by atoms with van der Waals surface area (Å²) < 4.78 is 0. The van der Waals surface area contributed by atoms with Crippen LogP contribution < -0.4 is 4.90 Å². The highest BCUT2D eigenvalue weighted by Gasteiger charge is 2.14. The van der Waals surface area contributed by atoms with E-state index in [0.29, 0.717) is 17.8 Å². The predicted molar refractivity (Wildman–Crippen MR) is 69.5 cm³/mol. The summed E-state index contributed by atoms with van der Waals surface area (Å²) in [7, 11) is 0. The maximum absolute atomic E-state index is 11.2. The lowest BCUT2D eigenvalue weighted by Gasteiger charge is -2.23. The van der Waals surface area contributed by atoms with Gasteiger partial charge in [0.15, 0.2) is 0 Å². The second kappa shape index (κ2) is 5.95. The van der Waals surface area contributed by atoms with Gasteiger partial charge in [-0.15, -0.1) is 6.42 Å². The fourth-order valence-electron chi connectivity index (χ4n) is 1.76. The number of carboxylic acid groups (broad SMARTS) is 1. The molecule has 0 aliphatic heterocycles. The number of rotatable bonds is 5. The first-order valence-corrected chi connectivity index (χ1v) is 5.62. The monoisotopic (exact) mass is 231 g/mol. The van der Waals surface area contributed by atoms with Crippen LogP contribution in [0.5, 0.6) is 0 Å². The summed E-state index contributed by atoms with van der Waals surface area (Å²) in [6, 6.07) is 5.41. The van der Waals surface area contributed by atoms with Crippen LogP contribution in [0.1, 0.15) is 29.3 Å². The molecule has 1 aromatic carbocycles. The van der Waals surface area contributed by atoms with Gasteiger partial charge in [0.25, 0.3) is 0 Å². The van der Waals surface area contributed by atoms with Crippen LogP contribution in [0, 0.1) is 19.3 Å². The largest absolute Gasteiger partial charge is 0.478 e. The Labute approximate surface area is 102 Å². The summed E-state index contributed by atoms with van der Waals surface area (Å²) in [5.41, 5.74) is 1.94. The SMILES string of the molecule is C#CCN(CCC)c1ccc(C)cc1C(=O)O. The van der Waals surface area contributed by atoms with Gasteiger partial charge in [-0.05, 0) is 25.5 Å². The van der Waals surface area contributed by atoms with Crippen molar-refractivity contribution in [2.75, 3.05) is 18.0 Å². The summed E-state index contributed by atoms with van der Waals surface area (Å²) in [6.07, 6.45) is 6.24. The lowest BCUT2D eigenvalue weighted by Crippen LogP contribution is -2.26. The number of anilines is 1. The summed E-state index contributed by atoms with van der Waals surface area (Å²) in [4.78, 5) is 13.1. The minimum atomic E-state index is -0.915. The molecule has 0 aromatic heterocycles. The maximum Gasteiger partial charge on any atom is 0.337 e. The van der Waals surface area contributed by atoms with Crippen molar-refractivity contribution in [2.45, 2.75) is 20.3 Å². The zero-order chi connectivity index (χ0) is 12.8. The van der Waals surface area contributed by atoms with Crippen molar-refractivity contribution in [2.24, 2.45) is 0 Å². The van der Waals surface area contributed by atoms with Crippen LogP contribution in [0.4, 0.5) is 5.69 Å². The van der Waals surface area contributed by atoms with Crippen molar-refractivity contribution in [1.82, 2.24) is 0 Å². The number of terminal acetylenes is 1. The van der Waals surface area contributed by atoms with Crippen molar-refractivity contribution >= 4 is 11.7 Å². The van der Waals surface area contributed by atoms with Gasteiger partial charge in [-0.1, -0.05) is 24.5 Å². The average Bonchev–Trinajstić information content (AvgIpc) is 2.28. The van der Waals surface area contributed by atoms with Crippen LogP contribution in [0.2, 0.25) is 0 Å². The Hall–Kier alpha value is -1.95. The highest BCUT2D eigenvalue weighted by molar-refractivity contribution is 5.94. The molecule has 0 saturated carbocycles. The molecule has 17 heavy (non-hydrogen) atoms. The van der Waals surface area contributed by atoms with Gasteiger partial charge in [-0.25, -0.2) is 4.79 Å². The van der Waals surface area contributed by atoms with Crippen LogP contribution in [0.3, 0.4) is 0 Å². The van der Waals surface area contributed by atoms with Gasteiger partial charge in [0, 0.05) is 6.54 Å². The van der Waals surface area contributed by atoms with Crippen LogP contribution in [0.25, 0.3) is 0 Å². The molecule has 3 nitrogen and oxygen atoms in total. The summed E-state index contributed by atoms with van der Waals surface area (Å²) >= 11 is 0. The standard InChI is InChI=1S/C14H17NO2/c1-4-8-15(9-5-2)13-7-6-11(3)10-12(13)14(16)17/h1,6-7,10H,5,8-9H2,2-3H3,(H,16,17). The van der Waals surface area contributed by atoms with Crippen molar-refractivity contribution in [1.29, 1.82) is 0 Å². The molecule has 1 N–H and O–H groups in total. The Kier molecular flexibility index (Phi) is 4.59. The third-order valence-electron chi connectivity index (χ3n) is 2.50. The third-order valence-corrected chi connectivity index (χ3v) is 2.50. The Morgan fingerprint density at radius 2 is 2.24 bits per heavy atom. The topological polar surface area (TPSA) is 40.5 Å². The number of benzene rings is 1. The second-order valence-corrected chi connectivity index (χ2v) is 3.95. The summed E-state index contributed by atoms with van der Waals surface area (Å²) in [6.45, 7) is 5.10. The molecule has 0 amide bonds. The number of hydrogen-bond acceptors (Lipinski definition) is 2. The van der Waals surface area contributed by atoms with Gasteiger partial charge in [0.2, 0.25) is 0 Å². The number of carbonyl (C=O) groups is 1. The Bertz CT molecular complexity index is 446. The number of aromatic carboxylic acids is 1. The molecule has 0 spiro atoms. The van der Waals surface area contributed by atoms with E-state index in [1.54, 1.807) is 6.07 Å². The molecule has 1 rings (SSSR count). The zero-order valence-corrected chi connectivity index (χ0v) is 10.2. The predicted octanol–water partition coefficient (Wildman–Crippen LogP) is 2.54. The summed E-state index contributed by atoms with van der Waals surface area (Å²) in [5.74, 6) is 1.65. The molecule has 0 fully saturated rings. The van der Waals surface area contributed by atoms with Crippen LogP contribution in [0.15, 0.2) is 18.2 Å². The Morgan fingerprint density at radius 3 is 2.76 bits per heavy atom. The van der Waals surface area contributed by atoms with Crippen molar-refractivity contribution in [3.05, 3.63) is 29.3 Å². The molecular formula is C14H17NO2. The van der Waals surface area contributed by atoms with E-state index < -0.39 is 5.97 Å². The quantitative estimate of drug-likeness (QED) is 0.792. The minimum absolute atomic E-state index is 0.314. The molecule has 0 heterocycles. The minimum Gasteiger partial charge on any atom is -0.478 e. The van der Waals surface area contributed by atoms with Gasteiger partial charge in [-0.2, -0.15) is 0 Å². The zero-order valence-electron chi connectivity index (χ0n) is 10.2. The van der Waals surface area contributed by atoms with E-state index in [9.17, 15) is 9.90 Å². The second-order valence-electron chi connectivity index (χ2n) is 3.95. The summed E-state index contributed by atoms with van der Waals surface area (Å²) in [5, 5.41) is 9.20. The van der Waals surface area contributed by atoms with Gasteiger partial charge in [0.05, 0.1) is 17.8 Å².